The van der Waals surface area contributed by atoms with Gasteiger partial charge >= 0.3 is 0 Å². The second kappa shape index (κ2) is 10.7. The number of nitrogens with two attached hydrogens (primary N) is 1. The zero-order chi connectivity index (χ0) is 22.7. The second-order valence-corrected chi connectivity index (χ2v) is 11.5. The molecule has 1 amide bonds. The summed E-state index contributed by atoms with van der Waals surface area (Å²) >= 11 is 16.5. The predicted octanol–water partition coefficient (Wildman–Crippen LogP) is 5.34. The van der Waals surface area contributed by atoms with Crippen molar-refractivity contribution in [3.8, 4) is 10.6 Å². The van der Waals surface area contributed by atoms with Crippen LogP contribution in [0.25, 0.3) is 10.6 Å². The molecule has 170 valence electrons. The van der Waals surface area contributed by atoms with Crippen molar-refractivity contribution in [3.05, 3.63) is 44.9 Å². The molecule has 0 aliphatic carbocycles. The minimum Gasteiger partial charge on any atom is -0.375 e. The van der Waals surface area contributed by atoms with Crippen molar-refractivity contribution < 1.29 is 4.79 Å². The van der Waals surface area contributed by atoms with Gasteiger partial charge in [0.15, 0.2) is 9.47 Å². The van der Waals surface area contributed by atoms with Gasteiger partial charge in [-0.2, -0.15) is 0 Å². The van der Waals surface area contributed by atoms with Gasteiger partial charge in [-0.05, 0) is 37.5 Å². The number of thiazole rings is 2. The molecule has 3 aromatic rings. The van der Waals surface area contributed by atoms with Crippen molar-refractivity contribution in [2.45, 2.75) is 36.7 Å². The normalized spacial score (nSPS) is 15.2. The number of hydrogen-bond acceptors (Lipinski definition) is 8. The summed E-state index contributed by atoms with van der Waals surface area (Å²) in [7, 11) is 0. The fourth-order valence-electron chi connectivity index (χ4n) is 3.59. The van der Waals surface area contributed by atoms with E-state index >= 15 is 0 Å². The molecule has 0 atom stereocenters. The first-order valence-corrected chi connectivity index (χ1v) is 13.6. The van der Waals surface area contributed by atoms with Gasteiger partial charge in [-0.3, -0.25) is 9.69 Å². The Morgan fingerprint density at radius 3 is 2.75 bits per heavy atom. The lowest BCUT2D eigenvalue weighted by atomic mass is 10.0. The monoisotopic (exact) mass is 527 g/mol. The molecule has 6 nitrogen and oxygen atoms in total. The van der Waals surface area contributed by atoms with Crippen LogP contribution < -0.4 is 11.1 Å². The van der Waals surface area contributed by atoms with Gasteiger partial charge in [0.05, 0.1) is 32.1 Å². The Labute approximate surface area is 209 Å². The van der Waals surface area contributed by atoms with Gasteiger partial charge in [0.25, 0.3) is 0 Å². The Kier molecular flexibility index (Phi) is 7.96. The fraction of sp³-hybridized carbons (Fsp3) is 0.381. The fourth-order valence-corrected chi connectivity index (χ4v) is 6.50. The first-order chi connectivity index (χ1) is 15.4. The van der Waals surface area contributed by atoms with Crippen LogP contribution in [0.5, 0.6) is 0 Å². The van der Waals surface area contributed by atoms with Crippen molar-refractivity contribution in [2.75, 3.05) is 24.6 Å². The average molecular weight is 529 g/mol. The van der Waals surface area contributed by atoms with Crippen LogP contribution in [0.15, 0.2) is 27.9 Å². The van der Waals surface area contributed by atoms with E-state index in [-0.39, 0.29) is 11.9 Å². The maximum Gasteiger partial charge on any atom is 0.230 e. The number of carbonyl (C=O) groups excluding carboxylic acids is 1. The third-order valence-corrected chi connectivity index (χ3v) is 8.94. The number of aryl methyl sites for hydroxylation is 1. The van der Waals surface area contributed by atoms with E-state index in [9.17, 15) is 4.79 Å². The zero-order valence-electron chi connectivity index (χ0n) is 17.4. The highest BCUT2D eigenvalue weighted by atomic mass is 35.5. The summed E-state index contributed by atoms with van der Waals surface area (Å²) in [6, 6.07) is 5.97. The number of likely N-dealkylation sites (tertiary alicyclic amines) is 1. The molecule has 11 heteroatoms. The number of thioether (sulfide) groups is 1. The lowest BCUT2D eigenvalue weighted by Crippen LogP contribution is -2.44. The van der Waals surface area contributed by atoms with Gasteiger partial charge in [0.1, 0.15) is 0 Å². The minimum absolute atomic E-state index is 0.0465. The quantitative estimate of drug-likeness (QED) is 0.403. The standard InChI is InChI=1S/C21H23Cl2N5OS3/c1-12-19(17-10-30-20(24)27-17)32-21(25-12)31-11-18(29)26-14-4-6-28(7-5-14)9-13-2-3-15(22)16(23)8-13/h2-3,8,10,14H,4-7,9,11H2,1H3,(H2,24,27)(H,26,29). The predicted molar refractivity (Wildman–Crippen MR) is 136 cm³/mol. The largest absolute Gasteiger partial charge is 0.375 e. The van der Waals surface area contributed by atoms with E-state index in [0.717, 1.165) is 58.6 Å². The van der Waals surface area contributed by atoms with Crippen LogP contribution in [-0.2, 0) is 11.3 Å². The van der Waals surface area contributed by atoms with Gasteiger partial charge in [0, 0.05) is 31.1 Å². The maximum absolute atomic E-state index is 12.5. The number of nitrogens with zero attached hydrogens (tertiary/aromatic N) is 3. The average Bonchev–Trinajstić information content (AvgIpc) is 3.36. The Bertz CT molecular complexity index is 1100. The number of piperidine rings is 1. The molecule has 0 saturated carbocycles. The molecule has 1 aliphatic rings. The van der Waals surface area contributed by atoms with Crippen LogP contribution in [0, 0.1) is 6.92 Å². The third kappa shape index (κ3) is 6.15. The van der Waals surface area contributed by atoms with Crippen molar-refractivity contribution in [2.24, 2.45) is 0 Å². The Morgan fingerprint density at radius 1 is 1.28 bits per heavy atom. The molecule has 1 saturated heterocycles. The third-order valence-electron chi connectivity index (χ3n) is 5.20. The van der Waals surface area contributed by atoms with Crippen molar-refractivity contribution >= 4 is 68.7 Å². The van der Waals surface area contributed by atoms with Crippen LogP contribution in [0.2, 0.25) is 10.0 Å². The number of halogens is 2. The van der Waals surface area contributed by atoms with Crippen LogP contribution in [0.1, 0.15) is 24.1 Å². The van der Waals surface area contributed by atoms with Gasteiger partial charge < -0.3 is 11.1 Å². The molecule has 1 aliphatic heterocycles. The highest BCUT2D eigenvalue weighted by Crippen LogP contribution is 2.35. The van der Waals surface area contributed by atoms with Gasteiger partial charge in [-0.15, -0.1) is 22.7 Å². The lowest BCUT2D eigenvalue weighted by Gasteiger charge is -2.32. The van der Waals surface area contributed by atoms with Crippen LogP contribution >= 0.6 is 57.6 Å². The molecule has 3 N–H and O–H groups in total. The molecular weight excluding hydrogens is 505 g/mol. The summed E-state index contributed by atoms with van der Waals surface area (Å²) in [5.74, 6) is 0.403. The number of hydrogen-bond donors (Lipinski definition) is 2. The Hall–Kier alpha value is -1.36. The van der Waals surface area contributed by atoms with Crippen LogP contribution in [0.4, 0.5) is 5.13 Å². The summed E-state index contributed by atoms with van der Waals surface area (Å²) in [6.45, 7) is 4.66. The zero-order valence-corrected chi connectivity index (χ0v) is 21.4. The van der Waals surface area contributed by atoms with Gasteiger partial charge in [0.2, 0.25) is 5.91 Å². The summed E-state index contributed by atoms with van der Waals surface area (Å²) in [5.41, 5.74) is 8.66. The summed E-state index contributed by atoms with van der Waals surface area (Å²) in [4.78, 5) is 24.8. The van der Waals surface area contributed by atoms with E-state index in [1.54, 1.807) is 11.3 Å². The number of amides is 1. The molecule has 0 radical (unpaired) electrons. The molecule has 3 heterocycles. The molecule has 0 unspecified atom stereocenters. The maximum atomic E-state index is 12.5. The van der Waals surface area contributed by atoms with E-state index in [1.165, 1.54) is 23.1 Å². The van der Waals surface area contributed by atoms with Crippen molar-refractivity contribution in [1.82, 2.24) is 20.2 Å². The van der Waals surface area contributed by atoms with Crippen molar-refractivity contribution in [3.63, 3.8) is 0 Å². The first kappa shape index (κ1) is 23.8. The molecule has 0 bridgehead atoms. The SMILES string of the molecule is Cc1nc(SCC(=O)NC2CCN(Cc3ccc(Cl)c(Cl)c3)CC2)sc1-c1csc(N)n1. The molecule has 1 fully saturated rings. The smallest absolute Gasteiger partial charge is 0.230 e. The molecule has 4 rings (SSSR count). The number of benzene rings is 1. The van der Waals surface area contributed by atoms with Gasteiger partial charge in [-0.25, -0.2) is 9.97 Å². The molecular formula is C21H23Cl2N5OS3. The Balaban J connectivity index is 1.21. The van der Waals surface area contributed by atoms with Crippen LogP contribution in [-0.4, -0.2) is 45.7 Å². The van der Waals surface area contributed by atoms with E-state index in [1.807, 2.05) is 30.5 Å². The highest BCUT2D eigenvalue weighted by Gasteiger charge is 2.21. The topological polar surface area (TPSA) is 84.1 Å². The molecule has 0 spiro atoms. The summed E-state index contributed by atoms with van der Waals surface area (Å²) in [6.07, 6.45) is 1.87. The lowest BCUT2D eigenvalue weighted by molar-refractivity contribution is -0.119. The Morgan fingerprint density at radius 2 is 2.06 bits per heavy atom. The van der Waals surface area contributed by atoms with Crippen molar-refractivity contribution in [1.29, 1.82) is 0 Å². The van der Waals surface area contributed by atoms with E-state index < -0.39 is 0 Å². The minimum atomic E-state index is 0.0465. The van der Waals surface area contributed by atoms with Crippen LogP contribution in [0.3, 0.4) is 0 Å². The number of rotatable bonds is 7. The van der Waals surface area contributed by atoms with E-state index in [0.29, 0.717) is 20.9 Å². The van der Waals surface area contributed by atoms with Gasteiger partial charge in [-0.1, -0.05) is 41.0 Å². The molecule has 32 heavy (non-hydrogen) atoms. The number of nitrogens with one attached hydrogen (secondary N) is 1. The summed E-state index contributed by atoms with van der Waals surface area (Å²) in [5, 5.41) is 6.81. The molecule has 2 aromatic heterocycles. The number of aromatic nitrogens is 2. The summed E-state index contributed by atoms with van der Waals surface area (Å²) < 4.78 is 0.871. The van der Waals surface area contributed by atoms with E-state index in [2.05, 4.69) is 20.2 Å². The second-order valence-electron chi connectivity index (χ2n) is 7.62. The highest BCUT2D eigenvalue weighted by molar-refractivity contribution is 8.01. The number of carbonyl (C=O) groups is 1. The molecule has 1 aromatic carbocycles. The number of nitrogen functional groups attached to an aromatic ring is 1. The number of anilines is 1. The van der Waals surface area contributed by atoms with E-state index in [4.69, 9.17) is 28.9 Å². The first-order valence-electron chi connectivity index (χ1n) is 10.1.